The van der Waals surface area contributed by atoms with E-state index in [0.717, 1.165) is 10.0 Å². The van der Waals surface area contributed by atoms with Gasteiger partial charge >= 0.3 is 5.97 Å². The topological polar surface area (TPSA) is 52.6 Å². The van der Waals surface area contributed by atoms with Gasteiger partial charge in [0.2, 0.25) is 0 Å². The zero-order chi connectivity index (χ0) is 19.2. The Morgan fingerprint density at radius 2 is 1.81 bits per heavy atom. The SMILES string of the molecule is COc1cc(C=CC(=O)c2ccc(Br)cc2)ccc1OC(=O)c1cccs1. The van der Waals surface area contributed by atoms with Crippen LogP contribution in [0, 0.1) is 0 Å². The Hall–Kier alpha value is -2.70. The smallest absolute Gasteiger partial charge is 0.353 e. The van der Waals surface area contributed by atoms with Crippen LogP contribution in [0.15, 0.2) is 70.5 Å². The minimum Gasteiger partial charge on any atom is -0.493 e. The molecule has 0 saturated carbocycles. The average molecular weight is 443 g/mol. The van der Waals surface area contributed by atoms with Crippen molar-refractivity contribution in [3.63, 3.8) is 0 Å². The lowest BCUT2D eigenvalue weighted by Crippen LogP contribution is -2.07. The van der Waals surface area contributed by atoms with Crippen LogP contribution >= 0.6 is 27.3 Å². The molecule has 27 heavy (non-hydrogen) atoms. The molecule has 1 heterocycles. The van der Waals surface area contributed by atoms with Crippen molar-refractivity contribution >= 4 is 45.1 Å². The molecule has 0 radical (unpaired) electrons. The molecule has 0 unspecified atom stereocenters. The van der Waals surface area contributed by atoms with Crippen LogP contribution < -0.4 is 9.47 Å². The van der Waals surface area contributed by atoms with E-state index in [4.69, 9.17) is 9.47 Å². The van der Waals surface area contributed by atoms with E-state index in [1.165, 1.54) is 24.5 Å². The zero-order valence-electron chi connectivity index (χ0n) is 14.3. The molecule has 0 atom stereocenters. The third-order valence-electron chi connectivity index (χ3n) is 3.67. The average Bonchev–Trinajstić information content (AvgIpc) is 3.22. The first-order chi connectivity index (χ1) is 13.1. The summed E-state index contributed by atoms with van der Waals surface area (Å²) in [5, 5.41) is 1.81. The minimum atomic E-state index is -0.433. The van der Waals surface area contributed by atoms with E-state index < -0.39 is 5.97 Å². The number of benzene rings is 2. The summed E-state index contributed by atoms with van der Waals surface area (Å²) in [7, 11) is 1.50. The van der Waals surface area contributed by atoms with Crippen LogP contribution in [0.1, 0.15) is 25.6 Å². The van der Waals surface area contributed by atoms with Crippen molar-refractivity contribution in [2.24, 2.45) is 0 Å². The van der Waals surface area contributed by atoms with Crippen LogP contribution in [0.5, 0.6) is 11.5 Å². The Morgan fingerprint density at radius 1 is 1.04 bits per heavy atom. The summed E-state index contributed by atoms with van der Waals surface area (Å²) in [5.41, 5.74) is 1.36. The van der Waals surface area contributed by atoms with Crippen LogP contribution in [0.4, 0.5) is 0 Å². The fourth-order valence-corrected chi connectivity index (χ4v) is 3.16. The van der Waals surface area contributed by atoms with Gasteiger partial charge in [0.1, 0.15) is 4.88 Å². The van der Waals surface area contributed by atoms with Crippen LogP contribution in [0.3, 0.4) is 0 Å². The number of hydrogen-bond acceptors (Lipinski definition) is 5. The first kappa shape index (κ1) is 19.1. The van der Waals surface area contributed by atoms with Gasteiger partial charge in [0.25, 0.3) is 0 Å². The van der Waals surface area contributed by atoms with E-state index in [9.17, 15) is 9.59 Å². The fraction of sp³-hybridized carbons (Fsp3) is 0.0476. The molecular formula is C21H15BrO4S. The number of carbonyl (C=O) groups is 2. The predicted molar refractivity (Wildman–Crippen MR) is 110 cm³/mol. The van der Waals surface area contributed by atoms with Crippen LogP contribution in [0.2, 0.25) is 0 Å². The van der Waals surface area contributed by atoms with Gasteiger partial charge in [-0.15, -0.1) is 11.3 Å². The molecule has 2 aromatic carbocycles. The molecule has 3 aromatic rings. The van der Waals surface area contributed by atoms with E-state index in [1.54, 1.807) is 48.5 Å². The molecule has 0 N–H and O–H groups in total. The van der Waals surface area contributed by atoms with E-state index in [1.807, 2.05) is 17.5 Å². The molecule has 3 rings (SSSR count). The summed E-state index contributed by atoms with van der Waals surface area (Å²) in [6, 6.07) is 15.7. The fourth-order valence-electron chi connectivity index (χ4n) is 2.30. The number of rotatable bonds is 6. The van der Waals surface area contributed by atoms with E-state index in [2.05, 4.69) is 15.9 Å². The number of carbonyl (C=O) groups excluding carboxylic acids is 2. The van der Waals surface area contributed by atoms with Gasteiger partial charge in [-0.05, 0) is 59.5 Å². The molecule has 0 aliphatic heterocycles. The molecule has 0 aliphatic carbocycles. The Labute approximate surface area is 169 Å². The Bertz CT molecular complexity index is 976. The van der Waals surface area contributed by atoms with Crippen LogP contribution in [-0.4, -0.2) is 18.9 Å². The van der Waals surface area contributed by atoms with Crippen LogP contribution in [0.25, 0.3) is 6.08 Å². The van der Waals surface area contributed by atoms with Crippen molar-refractivity contribution in [1.82, 2.24) is 0 Å². The second kappa shape index (κ2) is 8.79. The second-order valence-electron chi connectivity index (χ2n) is 5.48. The first-order valence-corrected chi connectivity index (χ1v) is 9.66. The summed E-state index contributed by atoms with van der Waals surface area (Å²) in [4.78, 5) is 24.8. The lowest BCUT2D eigenvalue weighted by molar-refractivity contribution is 0.0734. The maximum Gasteiger partial charge on any atom is 0.353 e. The predicted octanol–water partition coefficient (Wildman–Crippen LogP) is 5.63. The molecule has 0 aliphatic rings. The van der Waals surface area contributed by atoms with E-state index in [-0.39, 0.29) is 5.78 Å². The van der Waals surface area contributed by atoms with Crippen LogP contribution in [-0.2, 0) is 0 Å². The summed E-state index contributed by atoms with van der Waals surface area (Å²) in [5.74, 6) is 0.206. The molecule has 1 aromatic heterocycles. The third kappa shape index (κ3) is 4.93. The highest BCUT2D eigenvalue weighted by atomic mass is 79.9. The molecule has 6 heteroatoms. The highest BCUT2D eigenvalue weighted by Crippen LogP contribution is 2.29. The van der Waals surface area contributed by atoms with E-state index in [0.29, 0.717) is 21.9 Å². The number of hydrogen-bond donors (Lipinski definition) is 0. The standard InChI is InChI=1S/C21H15BrO4S/c1-25-19-13-14(4-10-17(23)15-6-8-16(22)9-7-15)5-11-18(19)26-21(24)20-3-2-12-27-20/h2-13H,1H3. The number of thiophene rings is 1. The van der Waals surface area contributed by atoms with Gasteiger partial charge in [-0.1, -0.05) is 34.1 Å². The summed E-state index contributed by atoms with van der Waals surface area (Å²) in [6.07, 6.45) is 3.19. The van der Waals surface area contributed by atoms with E-state index >= 15 is 0 Å². The van der Waals surface area contributed by atoms with Crippen molar-refractivity contribution in [3.8, 4) is 11.5 Å². The van der Waals surface area contributed by atoms with Gasteiger partial charge < -0.3 is 9.47 Å². The maximum absolute atomic E-state index is 12.2. The molecule has 4 nitrogen and oxygen atoms in total. The monoisotopic (exact) mass is 442 g/mol. The van der Waals surface area contributed by atoms with Crippen molar-refractivity contribution in [3.05, 3.63) is 86.5 Å². The number of methoxy groups -OCH3 is 1. The number of ether oxygens (including phenoxy) is 2. The highest BCUT2D eigenvalue weighted by molar-refractivity contribution is 9.10. The molecule has 0 bridgehead atoms. The quantitative estimate of drug-likeness (QED) is 0.214. The molecule has 0 saturated heterocycles. The van der Waals surface area contributed by atoms with Crippen molar-refractivity contribution in [2.75, 3.05) is 7.11 Å². The molecule has 0 fully saturated rings. The highest BCUT2D eigenvalue weighted by Gasteiger charge is 2.13. The van der Waals surface area contributed by atoms with Gasteiger partial charge in [0.05, 0.1) is 7.11 Å². The Balaban J connectivity index is 1.74. The number of ketones is 1. The summed E-state index contributed by atoms with van der Waals surface area (Å²) < 4.78 is 11.6. The molecule has 0 spiro atoms. The maximum atomic E-state index is 12.2. The zero-order valence-corrected chi connectivity index (χ0v) is 16.7. The van der Waals surface area contributed by atoms with Gasteiger partial charge in [-0.25, -0.2) is 4.79 Å². The van der Waals surface area contributed by atoms with Gasteiger partial charge in [-0.2, -0.15) is 0 Å². The minimum absolute atomic E-state index is 0.102. The molecule has 136 valence electrons. The lowest BCUT2D eigenvalue weighted by atomic mass is 10.1. The van der Waals surface area contributed by atoms with Crippen molar-refractivity contribution in [1.29, 1.82) is 0 Å². The number of esters is 1. The largest absolute Gasteiger partial charge is 0.493 e. The third-order valence-corrected chi connectivity index (χ3v) is 5.05. The molecule has 0 amide bonds. The second-order valence-corrected chi connectivity index (χ2v) is 7.34. The van der Waals surface area contributed by atoms with Gasteiger partial charge in [0, 0.05) is 10.0 Å². The van der Waals surface area contributed by atoms with Gasteiger partial charge in [-0.3, -0.25) is 4.79 Å². The van der Waals surface area contributed by atoms with Gasteiger partial charge in [0.15, 0.2) is 17.3 Å². The molecular weight excluding hydrogens is 428 g/mol. The van der Waals surface area contributed by atoms with Crippen molar-refractivity contribution in [2.45, 2.75) is 0 Å². The van der Waals surface area contributed by atoms with Crippen molar-refractivity contribution < 1.29 is 19.1 Å². The Morgan fingerprint density at radius 3 is 2.48 bits per heavy atom. The number of halogens is 1. The first-order valence-electron chi connectivity index (χ1n) is 7.98. The lowest BCUT2D eigenvalue weighted by Gasteiger charge is -2.09. The Kier molecular flexibility index (Phi) is 6.21. The number of allylic oxidation sites excluding steroid dienone is 1. The normalized spacial score (nSPS) is 10.7. The summed E-state index contributed by atoms with van der Waals surface area (Å²) >= 11 is 4.65. The summed E-state index contributed by atoms with van der Waals surface area (Å²) in [6.45, 7) is 0.